The minimum atomic E-state index is 0.323. The largest absolute Gasteiger partial charge is 0.493 e. The molecule has 1 aliphatic heterocycles. The van der Waals surface area contributed by atoms with Gasteiger partial charge in [0.05, 0.1) is 19.2 Å². The van der Waals surface area contributed by atoms with Crippen LogP contribution < -0.4 is 19.7 Å². The first kappa shape index (κ1) is 25.3. The second kappa shape index (κ2) is 12.2. The molecule has 1 fully saturated rings. The third kappa shape index (κ3) is 7.08. The maximum Gasteiger partial charge on any atom is 0.227 e. The van der Waals surface area contributed by atoms with Crippen molar-refractivity contribution in [2.45, 2.75) is 45.6 Å². The molecule has 1 N–H and O–H groups in total. The molecular formula is C25H42N6O2. The Morgan fingerprint density at radius 1 is 1.12 bits per heavy atom. The van der Waals surface area contributed by atoms with Gasteiger partial charge in [0.2, 0.25) is 5.95 Å². The second-order valence-corrected chi connectivity index (χ2v) is 9.38. The fourth-order valence-electron chi connectivity index (χ4n) is 4.20. The number of hydrogen-bond acceptors (Lipinski definition) is 8. The summed E-state index contributed by atoms with van der Waals surface area (Å²) < 4.78 is 11.8. The molecule has 0 saturated carbocycles. The van der Waals surface area contributed by atoms with E-state index in [2.05, 4.69) is 55.0 Å². The Labute approximate surface area is 199 Å². The van der Waals surface area contributed by atoms with Gasteiger partial charge in [0.1, 0.15) is 5.82 Å². The molecule has 3 rings (SSSR count). The van der Waals surface area contributed by atoms with Gasteiger partial charge >= 0.3 is 0 Å². The Bertz CT molecular complexity index is 891. The molecule has 0 spiro atoms. The maximum absolute atomic E-state index is 6.11. The normalized spacial score (nSPS) is 16.2. The van der Waals surface area contributed by atoms with Crippen molar-refractivity contribution < 1.29 is 9.47 Å². The molecule has 8 nitrogen and oxygen atoms in total. The molecule has 0 bridgehead atoms. The third-order valence-electron chi connectivity index (χ3n) is 6.08. The summed E-state index contributed by atoms with van der Waals surface area (Å²) in [7, 11) is 8.01. The number of aromatic nitrogens is 2. The number of rotatable bonds is 11. The summed E-state index contributed by atoms with van der Waals surface area (Å²) >= 11 is 0. The van der Waals surface area contributed by atoms with Crippen LogP contribution in [0.15, 0.2) is 12.1 Å². The summed E-state index contributed by atoms with van der Waals surface area (Å²) in [6.07, 6.45) is 4.26. The summed E-state index contributed by atoms with van der Waals surface area (Å²) in [6.45, 7) is 10.0. The topological polar surface area (TPSA) is 66.0 Å². The molecule has 1 saturated heterocycles. The number of fused-ring (bicyclic) bond motifs is 1. The molecule has 0 amide bonds. The predicted octanol–water partition coefficient (Wildman–Crippen LogP) is 3.71. The van der Waals surface area contributed by atoms with Crippen molar-refractivity contribution in [3.05, 3.63) is 12.1 Å². The van der Waals surface area contributed by atoms with Crippen molar-refractivity contribution in [2.75, 3.05) is 77.8 Å². The van der Waals surface area contributed by atoms with Crippen molar-refractivity contribution in [3.8, 4) is 11.5 Å². The zero-order chi connectivity index (χ0) is 23.8. The number of likely N-dealkylation sites (N-methyl/N-ethyl adjacent to an activating group) is 1. The lowest BCUT2D eigenvalue weighted by Crippen LogP contribution is -2.30. The van der Waals surface area contributed by atoms with Crippen molar-refractivity contribution in [2.24, 2.45) is 0 Å². The number of methoxy groups -OCH3 is 1. The van der Waals surface area contributed by atoms with Gasteiger partial charge in [-0.25, -0.2) is 4.98 Å². The average molecular weight is 459 g/mol. The van der Waals surface area contributed by atoms with Gasteiger partial charge < -0.3 is 29.5 Å². The van der Waals surface area contributed by atoms with E-state index in [1.165, 1.54) is 0 Å². The van der Waals surface area contributed by atoms with Gasteiger partial charge in [0.25, 0.3) is 0 Å². The minimum absolute atomic E-state index is 0.323. The molecule has 1 aromatic heterocycles. The molecule has 2 heterocycles. The Hall–Kier alpha value is -2.32. The van der Waals surface area contributed by atoms with Crippen LogP contribution in [0.2, 0.25) is 0 Å². The number of nitrogens with zero attached hydrogens (tertiary/aromatic N) is 5. The summed E-state index contributed by atoms with van der Waals surface area (Å²) in [5.74, 6) is 3.10. The third-order valence-corrected chi connectivity index (χ3v) is 6.08. The molecule has 2 aromatic rings. The van der Waals surface area contributed by atoms with E-state index >= 15 is 0 Å². The van der Waals surface area contributed by atoms with E-state index in [4.69, 9.17) is 19.4 Å². The zero-order valence-electron chi connectivity index (χ0n) is 21.4. The van der Waals surface area contributed by atoms with Crippen LogP contribution in [0.5, 0.6) is 11.5 Å². The molecular weight excluding hydrogens is 416 g/mol. The zero-order valence-corrected chi connectivity index (χ0v) is 21.4. The first-order chi connectivity index (χ1) is 15.9. The number of ether oxygens (including phenoxy) is 2. The molecule has 1 aromatic carbocycles. The quantitative estimate of drug-likeness (QED) is 0.511. The standard InChI is InChI=1S/C25H42N6O2/c1-7-10-19(2)26-24-20-17-22(32-6)23(33-16-9-11-29(3)4)18-21(20)27-25(28-24)31-13-8-12-30(5)14-15-31/h17-19H,7-16H2,1-6H3,(H,26,27,28). The highest BCUT2D eigenvalue weighted by Crippen LogP contribution is 2.36. The van der Waals surface area contributed by atoms with E-state index in [0.29, 0.717) is 18.4 Å². The first-order valence-corrected chi connectivity index (χ1v) is 12.3. The smallest absolute Gasteiger partial charge is 0.227 e. The van der Waals surface area contributed by atoms with Crippen LogP contribution in [0.25, 0.3) is 10.9 Å². The van der Waals surface area contributed by atoms with Crippen molar-refractivity contribution in [1.29, 1.82) is 0 Å². The van der Waals surface area contributed by atoms with Crippen LogP contribution in [0, 0.1) is 0 Å². The summed E-state index contributed by atoms with van der Waals surface area (Å²) in [4.78, 5) is 16.8. The Balaban J connectivity index is 1.97. The van der Waals surface area contributed by atoms with Gasteiger partial charge in [0, 0.05) is 43.7 Å². The van der Waals surface area contributed by atoms with Gasteiger partial charge in [-0.15, -0.1) is 0 Å². The highest BCUT2D eigenvalue weighted by molar-refractivity contribution is 5.93. The molecule has 0 radical (unpaired) electrons. The van der Waals surface area contributed by atoms with Gasteiger partial charge in [0.15, 0.2) is 11.5 Å². The van der Waals surface area contributed by atoms with Gasteiger partial charge in [-0.3, -0.25) is 0 Å². The van der Waals surface area contributed by atoms with Crippen LogP contribution >= 0.6 is 0 Å². The first-order valence-electron chi connectivity index (χ1n) is 12.3. The predicted molar refractivity (Wildman–Crippen MR) is 137 cm³/mol. The fourth-order valence-corrected chi connectivity index (χ4v) is 4.20. The Morgan fingerprint density at radius 3 is 2.67 bits per heavy atom. The highest BCUT2D eigenvalue weighted by atomic mass is 16.5. The highest BCUT2D eigenvalue weighted by Gasteiger charge is 2.20. The SMILES string of the molecule is CCCC(C)Nc1nc(N2CCCN(C)CC2)nc2cc(OCCCN(C)C)c(OC)cc12. The van der Waals surface area contributed by atoms with Crippen LogP contribution in [0.4, 0.5) is 11.8 Å². The number of anilines is 2. The fraction of sp³-hybridized carbons (Fsp3) is 0.680. The van der Waals surface area contributed by atoms with Crippen molar-refractivity contribution in [3.63, 3.8) is 0 Å². The van der Waals surface area contributed by atoms with Gasteiger partial charge in [-0.1, -0.05) is 13.3 Å². The minimum Gasteiger partial charge on any atom is -0.493 e. The van der Waals surface area contributed by atoms with Gasteiger partial charge in [-0.05, 0) is 59.9 Å². The van der Waals surface area contributed by atoms with Crippen molar-refractivity contribution in [1.82, 2.24) is 19.8 Å². The molecule has 184 valence electrons. The van der Waals surface area contributed by atoms with Crippen LogP contribution in [0.1, 0.15) is 39.5 Å². The molecule has 1 atom stereocenters. The summed E-state index contributed by atoms with van der Waals surface area (Å²) in [5.41, 5.74) is 0.882. The Kier molecular flexibility index (Phi) is 9.38. The molecule has 1 aliphatic rings. The van der Waals surface area contributed by atoms with E-state index in [9.17, 15) is 0 Å². The second-order valence-electron chi connectivity index (χ2n) is 9.38. The van der Waals surface area contributed by atoms with Crippen LogP contribution in [-0.4, -0.2) is 93.4 Å². The van der Waals surface area contributed by atoms with E-state index in [0.717, 1.165) is 86.8 Å². The Morgan fingerprint density at radius 2 is 1.94 bits per heavy atom. The number of benzene rings is 1. The van der Waals surface area contributed by atoms with Gasteiger partial charge in [-0.2, -0.15) is 4.98 Å². The molecule has 8 heteroatoms. The van der Waals surface area contributed by atoms with E-state index in [1.807, 2.05) is 12.1 Å². The number of nitrogens with one attached hydrogen (secondary N) is 1. The maximum atomic E-state index is 6.11. The lowest BCUT2D eigenvalue weighted by molar-refractivity contribution is 0.268. The lowest BCUT2D eigenvalue weighted by Gasteiger charge is -2.23. The molecule has 1 unspecified atom stereocenters. The molecule has 0 aliphatic carbocycles. The molecule has 33 heavy (non-hydrogen) atoms. The monoisotopic (exact) mass is 458 g/mol. The van der Waals surface area contributed by atoms with Crippen LogP contribution in [0.3, 0.4) is 0 Å². The number of hydrogen-bond donors (Lipinski definition) is 1. The summed E-state index contributed by atoms with van der Waals surface area (Å²) in [6, 6.07) is 4.34. The van der Waals surface area contributed by atoms with E-state index < -0.39 is 0 Å². The lowest BCUT2D eigenvalue weighted by atomic mass is 10.1. The van der Waals surface area contributed by atoms with E-state index in [-0.39, 0.29) is 0 Å². The van der Waals surface area contributed by atoms with Crippen molar-refractivity contribution >= 4 is 22.7 Å². The summed E-state index contributed by atoms with van der Waals surface area (Å²) in [5, 5.41) is 4.60. The van der Waals surface area contributed by atoms with Crippen LogP contribution in [-0.2, 0) is 0 Å². The average Bonchev–Trinajstić information content (AvgIpc) is 3.00. The van der Waals surface area contributed by atoms with E-state index in [1.54, 1.807) is 7.11 Å².